The molecule has 3 aromatic rings. The lowest BCUT2D eigenvalue weighted by Crippen LogP contribution is -2.50. The van der Waals surface area contributed by atoms with Crippen LogP contribution in [0.15, 0.2) is 54.7 Å². The van der Waals surface area contributed by atoms with Gasteiger partial charge < -0.3 is 14.6 Å². The van der Waals surface area contributed by atoms with Gasteiger partial charge in [0.15, 0.2) is 0 Å². The monoisotopic (exact) mass is 535 g/mol. The van der Waals surface area contributed by atoms with Crippen LogP contribution in [0.25, 0.3) is 22.0 Å². The van der Waals surface area contributed by atoms with Crippen molar-refractivity contribution in [3.63, 3.8) is 0 Å². The number of amides is 2. The predicted octanol–water partition coefficient (Wildman–Crippen LogP) is 3.89. The van der Waals surface area contributed by atoms with Gasteiger partial charge in [0.1, 0.15) is 0 Å². The largest absolute Gasteiger partial charge is 0.383 e. The van der Waals surface area contributed by atoms with Crippen molar-refractivity contribution in [2.45, 2.75) is 32.1 Å². The van der Waals surface area contributed by atoms with Crippen LogP contribution < -0.4 is 10.4 Å². The summed E-state index contributed by atoms with van der Waals surface area (Å²) in [5, 5.41) is 9.84. The fourth-order valence-corrected chi connectivity index (χ4v) is 5.09. The Balaban J connectivity index is 1.38. The Morgan fingerprint density at radius 3 is 2.41 bits per heavy atom. The summed E-state index contributed by atoms with van der Waals surface area (Å²) in [7, 11) is 1.72. The van der Waals surface area contributed by atoms with Crippen LogP contribution in [0.3, 0.4) is 0 Å². The number of benzene rings is 2. The molecule has 0 atom stereocenters. The van der Waals surface area contributed by atoms with Crippen molar-refractivity contribution in [1.29, 1.82) is 0 Å². The number of carbonyl (C=O) groups is 2. The molecule has 1 fully saturated rings. The number of H-pyrrole nitrogens is 1. The molecule has 0 spiro atoms. The van der Waals surface area contributed by atoms with Gasteiger partial charge in [0, 0.05) is 70.2 Å². The number of hydrogen-bond acceptors (Lipinski definition) is 6. The molecule has 0 unspecified atom stereocenters. The Kier molecular flexibility index (Phi) is 10.9. The van der Waals surface area contributed by atoms with Gasteiger partial charge in [-0.25, -0.2) is 5.48 Å². The summed E-state index contributed by atoms with van der Waals surface area (Å²) in [6.45, 7) is 6.31. The number of hydroxylamine groups is 1. The van der Waals surface area contributed by atoms with Gasteiger partial charge in [-0.1, -0.05) is 37.1 Å². The standard InChI is InChI=1S/C30H41N5O4/c1-39-21-20-33-16-18-34(19-17-33)23-30(37)35(15-5-3-2-4-6-29(36)32-38)27-11-9-24(10-12-27)26-8-7-25-13-14-31-28(25)22-26/h7-14,22,31,38H,2-6,15-21,23H2,1H3,(H,32,36). The van der Waals surface area contributed by atoms with Crippen molar-refractivity contribution >= 4 is 28.4 Å². The van der Waals surface area contributed by atoms with E-state index in [0.29, 0.717) is 25.9 Å². The molecule has 2 heterocycles. The molecule has 9 heteroatoms. The topological polar surface area (TPSA) is 101 Å². The Morgan fingerprint density at radius 2 is 1.67 bits per heavy atom. The predicted molar refractivity (Wildman–Crippen MR) is 154 cm³/mol. The van der Waals surface area contributed by atoms with E-state index >= 15 is 0 Å². The van der Waals surface area contributed by atoms with E-state index in [0.717, 1.165) is 80.9 Å². The van der Waals surface area contributed by atoms with Crippen LogP contribution in [-0.4, -0.2) is 91.3 Å². The van der Waals surface area contributed by atoms with Crippen molar-refractivity contribution in [1.82, 2.24) is 20.3 Å². The van der Waals surface area contributed by atoms with Gasteiger partial charge >= 0.3 is 0 Å². The molecule has 0 aliphatic carbocycles. The first-order chi connectivity index (χ1) is 19.1. The number of unbranched alkanes of at least 4 members (excludes halogenated alkanes) is 3. The SMILES string of the molecule is COCCN1CCN(CC(=O)N(CCCCCCC(=O)NO)c2ccc(-c3ccc4cc[nH]c4c3)cc2)CC1. The molecule has 2 aromatic carbocycles. The van der Waals surface area contributed by atoms with Crippen LogP contribution in [0.4, 0.5) is 5.69 Å². The number of rotatable bonds is 14. The number of fused-ring (bicyclic) bond motifs is 1. The summed E-state index contributed by atoms with van der Waals surface area (Å²) in [6, 6.07) is 16.7. The first kappa shape index (κ1) is 28.8. The van der Waals surface area contributed by atoms with Crippen molar-refractivity contribution in [2.75, 3.05) is 64.4 Å². The summed E-state index contributed by atoms with van der Waals surface area (Å²) >= 11 is 0. The van der Waals surface area contributed by atoms with Gasteiger partial charge in [0.2, 0.25) is 11.8 Å². The molecule has 4 rings (SSSR count). The second-order valence-electron chi connectivity index (χ2n) is 10.2. The third kappa shape index (κ3) is 8.37. The van der Waals surface area contributed by atoms with Crippen LogP contribution in [0.5, 0.6) is 0 Å². The van der Waals surface area contributed by atoms with E-state index in [2.05, 4.69) is 51.2 Å². The van der Waals surface area contributed by atoms with Crippen molar-refractivity contribution in [3.8, 4) is 11.1 Å². The molecule has 2 amide bonds. The summed E-state index contributed by atoms with van der Waals surface area (Å²) < 4.78 is 5.20. The smallest absolute Gasteiger partial charge is 0.243 e. The highest BCUT2D eigenvalue weighted by molar-refractivity contribution is 5.95. The maximum atomic E-state index is 13.6. The maximum absolute atomic E-state index is 13.6. The fourth-order valence-electron chi connectivity index (χ4n) is 5.09. The van der Waals surface area contributed by atoms with Crippen LogP contribution >= 0.6 is 0 Å². The molecule has 9 nitrogen and oxygen atoms in total. The lowest BCUT2D eigenvalue weighted by atomic mass is 10.0. The summed E-state index contributed by atoms with van der Waals surface area (Å²) in [6.07, 6.45) is 5.61. The van der Waals surface area contributed by atoms with Crippen LogP contribution in [0.2, 0.25) is 0 Å². The Hall–Kier alpha value is -3.24. The van der Waals surface area contributed by atoms with E-state index in [-0.39, 0.29) is 11.8 Å². The number of anilines is 1. The van der Waals surface area contributed by atoms with Crippen molar-refractivity contribution < 1.29 is 19.5 Å². The number of carbonyl (C=O) groups excluding carboxylic acids is 2. The molecular formula is C30H41N5O4. The lowest BCUT2D eigenvalue weighted by molar-refractivity contribution is -0.129. The van der Waals surface area contributed by atoms with Gasteiger partial charge in [-0.3, -0.25) is 24.6 Å². The minimum absolute atomic E-state index is 0.112. The van der Waals surface area contributed by atoms with E-state index in [1.165, 1.54) is 5.39 Å². The number of piperazine rings is 1. The number of nitrogens with zero attached hydrogens (tertiary/aromatic N) is 3. The lowest BCUT2D eigenvalue weighted by Gasteiger charge is -2.35. The third-order valence-corrected chi connectivity index (χ3v) is 7.46. The number of aromatic amines is 1. The zero-order chi connectivity index (χ0) is 27.5. The van der Waals surface area contributed by atoms with Crippen LogP contribution in [0.1, 0.15) is 32.1 Å². The minimum atomic E-state index is -0.357. The fraction of sp³-hybridized carbons (Fsp3) is 0.467. The van der Waals surface area contributed by atoms with Gasteiger partial charge in [-0.15, -0.1) is 0 Å². The number of nitrogens with one attached hydrogen (secondary N) is 2. The van der Waals surface area contributed by atoms with Gasteiger partial charge in [-0.2, -0.15) is 0 Å². The van der Waals surface area contributed by atoms with Crippen molar-refractivity contribution in [2.24, 2.45) is 0 Å². The third-order valence-electron chi connectivity index (χ3n) is 7.46. The maximum Gasteiger partial charge on any atom is 0.243 e. The van der Waals surface area contributed by atoms with E-state index in [1.54, 1.807) is 12.6 Å². The average Bonchev–Trinajstić information content (AvgIpc) is 3.44. The first-order valence-electron chi connectivity index (χ1n) is 13.9. The molecule has 39 heavy (non-hydrogen) atoms. The van der Waals surface area contributed by atoms with E-state index in [1.807, 2.05) is 23.2 Å². The zero-order valence-corrected chi connectivity index (χ0v) is 22.9. The number of hydrogen-bond donors (Lipinski definition) is 3. The summed E-state index contributed by atoms with van der Waals surface area (Å²) in [4.78, 5) is 34.6. The first-order valence-corrected chi connectivity index (χ1v) is 13.9. The zero-order valence-electron chi connectivity index (χ0n) is 22.9. The van der Waals surface area contributed by atoms with Crippen molar-refractivity contribution in [3.05, 3.63) is 54.7 Å². The Labute approximate surface area is 230 Å². The molecule has 1 aliphatic rings. The van der Waals surface area contributed by atoms with E-state index in [9.17, 15) is 9.59 Å². The molecule has 1 aromatic heterocycles. The molecule has 210 valence electrons. The second kappa shape index (κ2) is 14.8. The highest BCUT2D eigenvalue weighted by atomic mass is 16.5. The summed E-state index contributed by atoms with van der Waals surface area (Å²) in [5.74, 6) is -0.245. The van der Waals surface area contributed by atoms with Crippen LogP contribution in [-0.2, 0) is 14.3 Å². The molecule has 3 N–H and O–H groups in total. The molecule has 1 saturated heterocycles. The normalized spacial score (nSPS) is 14.5. The Bertz CT molecular complexity index is 1190. The Morgan fingerprint density at radius 1 is 0.949 bits per heavy atom. The van der Waals surface area contributed by atoms with E-state index in [4.69, 9.17) is 9.94 Å². The molecule has 1 aliphatic heterocycles. The molecule has 0 saturated carbocycles. The number of aromatic nitrogens is 1. The van der Waals surface area contributed by atoms with Gasteiger partial charge in [-0.05, 0) is 53.6 Å². The highest BCUT2D eigenvalue weighted by Gasteiger charge is 2.22. The molecular weight excluding hydrogens is 494 g/mol. The number of ether oxygens (including phenoxy) is 1. The second-order valence-corrected chi connectivity index (χ2v) is 10.2. The average molecular weight is 536 g/mol. The summed E-state index contributed by atoms with van der Waals surface area (Å²) in [5.41, 5.74) is 5.93. The molecule has 0 radical (unpaired) electrons. The minimum Gasteiger partial charge on any atom is -0.383 e. The number of methoxy groups -OCH3 is 1. The van der Waals surface area contributed by atoms with Crippen LogP contribution in [0, 0.1) is 0 Å². The van der Waals surface area contributed by atoms with Gasteiger partial charge in [0.25, 0.3) is 0 Å². The highest BCUT2D eigenvalue weighted by Crippen LogP contribution is 2.27. The quantitative estimate of drug-likeness (QED) is 0.165. The van der Waals surface area contributed by atoms with Gasteiger partial charge in [0.05, 0.1) is 13.2 Å². The molecule has 0 bridgehead atoms. The van der Waals surface area contributed by atoms with E-state index < -0.39 is 0 Å².